The molecule has 0 fully saturated rings. The lowest BCUT2D eigenvalue weighted by molar-refractivity contribution is 0.306. The number of nitrogens with one attached hydrogen (secondary N) is 3. The molecular weight excluding hydrogens is 1000 g/mol. The molecule has 6 heteroatoms. The Bertz CT molecular complexity index is 2970. The van der Waals surface area contributed by atoms with Gasteiger partial charge in [-0.15, -0.1) is 0 Å². The highest BCUT2D eigenvalue weighted by atomic mass is 16.3. The quantitative estimate of drug-likeness (QED) is 0.0416. The zero-order chi connectivity index (χ0) is 60.8. The van der Waals surface area contributed by atoms with Crippen LogP contribution in [0.3, 0.4) is 0 Å². The Balaban J connectivity index is 1.18. The van der Waals surface area contributed by atoms with E-state index in [9.17, 15) is 10.2 Å². The molecule has 0 radical (unpaired) electrons. The van der Waals surface area contributed by atoms with Crippen molar-refractivity contribution in [3.8, 4) is 11.5 Å². The van der Waals surface area contributed by atoms with E-state index in [4.69, 9.17) is 0 Å². The van der Waals surface area contributed by atoms with Gasteiger partial charge < -0.3 is 31.1 Å². The summed E-state index contributed by atoms with van der Waals surface area (Å²) in [6.07, 6.45) is 7.35. The van der Waals surface area contributed by atoms with Crippen LogP contribution in [0.15, 0.2) is 121 Å². The van der Waals surface area contributed by atoms with E-state index in [1.807, 2.05) is 0 Å². The van der Waals surface area contributed by atoms with E-state index in [2.05, 4.69) is 288 Å². The standard InChI is InChI=1S/C76H110N4O2/c1-51(2)40-54(5)80(66-36-34-65(35-37-66)79-63-28-24-56(25-29-63)42-53(4)48-72(9,10)11)50-58-44-59(73(12,13)14)45-68(70(58)82)76(20,21)39-38-75(18,19)60-43-57(69(81)67(46-60)74(15,16)17)49-77-61-30-32-64(33-31-61)78-62-26-22-55(23-27-62)41-52(3)47-71(6,7)8/h22-37,43-46,51-54,77-79,81-82H,38-42,47-50H2,1-21H3. The molecule has 0 aromatic heterocycles. The van der Waals surface area contributed by atoms with Crippen LogP contribution < -0.4 is 20.9 Å². The van der Waals surface area contributed by atoms with Crippen LogP contribution in [-0.2, 0) is 47.6 Å². The monoisotopic (exact) mass is 1110 g/mol. The highest BCUT2D eigenvalue weighted by molar-refractivity contribution is 5.65. The zero-order valence-corrected chi connectivity index (χ0v) is 55.1. The van der Waals surface area contributed by atoms with E-state index < -0.39 is 0 Å². The van der Waals surface area contributed by atoms with Crippen LogP contribution in [0.4, 0.5) is 34.1 Å². The van der Waals surface area contributed by atoms with Gasteiger partial charge in [-0.05, 0) is 215 Å². The summed E-state index contributed by atoms with van der Waals surface area (Å²) in [5.41, 5.74) is 15.0. The fourth-order valence-electron chi connectivity index (χ4n) is 12.4. The largest absolute Gasteiger partial charge is 0.507 e. The Morgan fingerprint density at radius 1 is 0.439 bits per heavy atom. The van der Waals surface area contributed by atoms with Crippen molar-refractivity contribution in [1.82, 2.24) is 0 Å². The summed E-state index contributed by atoms with van der Waals surface area (Å²) < 4.78 is 0. The van der Waals surface area contributed by atoms with Crippen LogP contribution >= 0.6 is 0 Å². The summed E-state index contributed by atoms with van der Waals surface area (Å²) in [6, 6.07) is 44.3. The molecule has 0 spiro atoms. The normalized spacial score (nSPS) is 13.9. The Hall–Kier alpha value is -5.88. The predicted molar refractivity (Wildman–Crippen MR) is 358 cm³/mol. The third-order valence-electron chi connectivity index (χ3n) is 16.8. The molecule has 6 aromatic carbocycles. The third-order valence-corrected chi connectivity index (χ3v) is 16.8. The predicted octanol–water partition coefficient (Wildman–Crippen LogP) is 21.5. The molecule has 3 unspecified atom stereocenters. The fraction of sp³-hybridized carbons (Fsp3) is 0.526. The second-order valence-corrected chi connectivity index (χ2v) is 31.2. The van der Waals surface area contributed by atoms with Gasteiger partial charge in [-0.2, -0.15) is 0 Å². The van der Waals surface area contributed by atoms with Crippen molar-refractivity contribution >= 4 is 34.1 Å². The first-order chi connectivity index (χ1) is 37.9. The van der Waals surface area contributed by atoms with E-state index in [1.165, 1.54) is 35.1 Å². The Morgan fingerprint density at radius 2 is 0.841 bits per heavy atom. The Morgan fingerprint density at radius 3 is 1.28 bits per heavy atom. The first kappa shape index (κ1) is 65.3. The SMILES string of the molecule is CC(C)CC(C)N(Cc1cc(C(C)(C)C)cc(C(C)(C)CCC(C)(C)c2cc(CNc3ccc(Nc4ccc(CC(C)CC(C)(C)C)cc4)cc3)c(O)c(C(C)(C)C)c2)c1O)c1ccc(Nc2ccc(CC(C)CC(C)(C)C)cc2)cc1. The number of nitrogens with zero attached hydrogens (tertiary/aromatic N) is 1. The van der Waals surface area contributed by atoms with Crippen LogP contribution in [0.1, 0.15) is 222 Å². The minimum absolute atomic E-state index is 0.132. The van der Waals surface area contributed by atoms with Crippen LogP contribution in [0.5, 0.6) is 11.5 Å². The van der Waals surface area contributed by atoms with E-state index in [-0.39, 0.29) is 27.7 Å². The number of hydrogen-bond donors (Lipinski definition) is 5. The Labute approximate surface area is 499 Å². The maximum absolute atomic E-state index is 12.7. The minimum atomic E-state index is -0.356. The molecule has 0 saturated carbocycles. The third kappa shape index (κ3) is 19.1. The maximum Gasteiger partial charge on any atom is 0.124 e. The molecule has 6 aromatic rings. The second-order valence-electron chi connectivity index (χ2n) is 31.2. The second kappa shape index (κ2) is 26.4. The molecule has 5 N–H and O–H groups in total. The number of rotatable bonds is 24. The average molecular weight is 1110 g/mol. The topological polar surface area (TPSA) is 79.8 Å². The molecule has 0 aliphatic heterocycles. The van der Waals surface area contributed by atoms with E-state index in [0.29, 0.717) is 53.2 Å². The van der Waals surface area contributed by atoms with Crippen LogP contribution in [-0.4, -0.2) is 16.3 Å². The molecule has 6 nitrogen and oxygen atoms in total. The number of aromatic hydroxyl groups is 2. The summed E-state index contributed by atoms with van der Waals surface area (Å²) in [5, 5.41) is 35.5. The van der Waals surface area contributed by atoms with E-state index >= 15 is 0 Å². The first-order valence-corrected chi connectivity index (χ1v) is 31.1. The molecule has 0 saturated heterocycles. The van der Waals surface area contributed by atoms with Gasteiger partial charge in [0.25, 0.3) is 0 Å². The van der Waals surface area contributed by atoms with Crippen LogP contribution in [0.2, 0.25) is 0 Å². The smallest absolute Gasteiger partial charge is 0.124 e. The highest BCUT2D eigenvalue weighted by Crippen LogP contribution is 2.45. The number of benzene rings is 6. The van der Waals surface area contributed by atoms with E-state index in [1.54, 1.807) is 0 Å². The van der Waals surface area contributed by atoms with Gasteiger partial charge in [-0.25, -0.2) is 0 Å². The van der Waals surface area contributed by atoms with Crippen LogP contribution in [0.25, 0.3) is 0 Å². The molecular formula is C76H110N4O2. The molecule has 0 aliphatic rings. The zero-order valence-electron chi connectivity index (χ0n) is 55.1. The van der Waals surface area contributed by atoms with E-state index in [0.717, 1.165) is 88.5 Å². The highest BCUT2D eigenvalue weighted by Gasteiger charge is 2.34. The van der Waals surface area contributed by atoms with Gasteiger partial charge in [0.2, 0.25) is 0 Å². The summed E-state index contributed by atoms with van der Waals surface area (Å²) >= 11 is 0. The van der Waals surface area contributed by atoms with Crippen molar-refractivity contribution in [1.29, 1.82) is 0 Å². The molecule has 0 amide bonds. The van der Waals surface area contributed by atoms with Crippen LogP contribution in [0, 0.1) is 28.6 Å². The van der Waals surface area contributed by atoms with Crippen molar-refractivity contribution in [3.63, 3.8) is 0 Å². The molecule has 3 atom stereocenters. The molecule has 0 bridgehead atoms. The Kier molecular flexibility index (Phi) is 21.0. The number of phenols is 2. The fourth-order valence-corrected chi connectivity index (χ4v) is 12.4. The molecule has 446 valence electrons. The lowest BCUT2D eigenvalue weighted by Gasteiger charge is -2.36. The molecule has 0 heterocycles. The summed E-state index contributed by atoms with van der Waals surface area (Å²) in [5.74, 6) is 2.54. The van der Waals surface area contributed by atoms with Crippen molar-refractivity contribution < 1.29 is 10.2 Å². The van der Waals surface area contributed by atoms with Gasteiger partial charge >= 0.3 is 0 Å². The summed E-state index contributed by atoms with van der Waals surface area (Å²) in [6.45, 7) is 49.3. The summed E-state index contributed by atoms with van der Waals surface area (Å²) in [7, 11) is 0. The lowest BCUT2D eigenvalue weighted by Crippen LogP contribution is -2.34. The maximum atomic E-state index is 12.7. The van der Waals surface area contributed by atoms with Gasteiger partial charge in [0, 0.05) is 69.9 Å². The van der Waals surface area contributed by atoms with Gasteiger partial charge in [-0.3, -0.25) is 0 Å². The molecule has 82 heavy (non-hydrogen) atoms. The van der Waals surface area contributed by atoms with Crippen molar-refractivity contribution in [2.24, 2.45) is 28.6 Å². The van der Waals surface area contributed by atoms with Crippen molar-refractivity contribution in [2.75, 3.05) is 20.9 Å². The van der Waals surface area contributed by atoms with Crippen molar-refractivity contribution in [3.05, 3.63) is 166 Å². The van der Waals surface area contributed by atoms with Gasteiger partial charge in [0.1, 0.15) is 11.5 Å². The summed E-state index contributed by atoms with van der Waals surface area (Å²) in [4.78, 5) is 2.49. The van der Waals surface area contributed by atoms with Gasteiger partial charge in [0.05, 0.1) is 0 Å². The average Bonchev–Trinajstić information content (AvgIpc) is 3.46. The number of phenolic OH excluding ortho intramolecular Hbond substituents is 2. The molecule has 6 rings (SSSR count). The first-order valence-electron chi connectivity index (χ1n) is 31.1. The van der Waals surface area contributed by atoms with Gasteiger partial charge in [0.15, 0.2) is 0 Å². The minimum Gasteiger partial charge on any atom is -0.507 e. The number of hydrogen-bond acceptors (Lipinski definition) is 6. The van der Waals surface area contributed by atoms with Gasteiger partial charge in [-0.1, -0.05) is 175 Å². The molecule has 0 aliphatic carbocycles. The lowest BCUT2D eigenvalue weighted by atomic mass is 9.70. The number of anilines is 6. The van der Waals surface area contributed by atoms with Crippen molar-refractivity contribution in [2.45, 2.75) is 231 Å².